The van der Waals surface area contributed by atoms with Crippen LogP contribution in [0.25, 0.3) is 0 Å². The molecule has 1 heterocycles. The van der Waals surface area contributed by atoms with Crippen LogP contribution >= 0.6 is 15.9 Å². The van der Waals surface area contributed by atoms with Gasteiger partial charge in [0.15, 0.2) is 5.78 Å². The summed E-state index contributed by atoms with van der Waals surface area (Å²) >= 11 is 3.36. The van der Waals surface area contributed by atoms with Crippen LogP contribution in [-0.2, 0) is 6.42 Å². The van der Waals surface area contributed by atoms with Gasteiger partial charge < -0.3 is 0 Å². The van der Waals surface area contributed by atoms with Gasteiger partial charge in [-0.1, -0.05) is 28.1 Å². The first-order chi connectivity index (χ1) is 8.15. The fraction of sp³-hybridized carbons (Fsp3) is 0.154. The third kappa shape index (κ3) is 3.20. The lowest BCUT2D eigenvalue weighted by Crippen LogP contribution is -2.07. The van der Waals surface area contributed by atoms with E-state index in [9.17, 15) is 4.79 Å². The summed E-state index contributed by atoms with van der Waals surface area (Å²) in [7, 11) is 0. The number of hydrogen-bond donors (Lipinski definition) is 0. The van der Waals surface area contributed by atoms with Crippen LogP contribution in [0, 0.1) is 6.92 Å². The van der Waals surface area contributed by atoms with Gasteiger partial charge in [-0.2, -0.15) is 0 Å². The summed E-state index contributed by atoms with van der Waals surface area (Å²) in [6.07, 6.45) is 1.97. The first-order valence-corrected chi connectivity index (χ1v) is 6.02. The number of aromatic nitrogens is 2. The van der Waals surface area contributed by atoms with Gasteiger partial charge >= 0.3 is 0 Å². The van der Waals surface area contributed by atoms with Gasteiger partial charge in [0.1, 0.15) is 11.5 Å². The van der Waals surface area contributed by atoms with Gasteiger partial charge in [-0.3, -0.25) is 4.79 Å². The monoisotopic (exact) mass is 290 g/mol. The van der Waals surface area contributed by atoms with Crippen molar-refractivity contribution in [2.45, 2.75) is 13.3 Å². The summed E-state index contributed by atoms with van der Waals surface area (Å²) in [5.41, 5.74) is 1.45. The number of nitrogens with zero attached hydrogens (tertiary/aromatic N) is 2. The molecule has 0 amide bonds. The van der Waals surface area contributed by atoms with Gasteiger partial charge in [0.25, 0.3) is 0 Å². The van der Waals surface area contributed by atoms with Gasteiger partial charge in [-0.15, -0.1) is 0 Å². The van der Waals surface area contributed by atoms with Crippen LogP contribution in [0.4, 0.5) is 0 Å². The molecule has 3 nitrogen and oxygen atoms in total. The third-order valence-corrected chi connectivity index (χ3v) is 2.87. The number of carbonyl (C=O) groups is 1. The van der Waals surface area contributed by atoms with Gasteiger partial charge in [0, 0.05) is 17.1 Å². The maximum absolute atomic E-state index is 11.9. The maximum atomic E-state index is 11.9. The number of Topliss-reactive ketones (excluding diaryl/α,β-unsaturated/α-hetero) is 1. The highest BCUT2D eigenvalue weighted by Crippen LogP contribution is 2.12. The van der Waals surface area contributed by atoms with Gasteiger partial charge in [0.05, 0.1) is 0 Å². The standard InChI is InChI=1S/C13H11BrN2O/c1-9-15-7-6-12(16-9)13(17)8-10-2-4-11(14)5-3-10/h2-7H,8H2,1H3. The highest BCUT2D eigenvalue weighted by molar-refractivity contribution is 9.10. The molecule has 0 radical (unpaired) electrons. The maximum Gasteiger partial charge on any atom is 0.185 e. The number of rotatable bonds is 3. The molecule has 0 unspecified atom stereocenters. The van der Waals surface area contributed by atoms with E-state index < -0.39 is 0 Å². The van der Waals surface area contributed by atoms with Crippen LogP contribution < -0.4 is 0 Å². The van der Waals surface area contributed by atoms with Crippen LogP contribution in [0.5, 0.6) is 0 Å². The molecule has 0 aliphatic heterocycles. The van der Waals surface area contributed by atoms with E-state index in [4.69, 9.17) is 0 Å². The third-order valence-electron chi connectivity index (χ3n) is 2.34. The highest BCUT2D eigenvalue weighted by atomic mass is 79.9. The summed E-state index contributed by atoms with van der Waals surface area (Å²) < 4.78 is 1.01. The predicted molar refractivity (Wildman–Crippen MR) is 68.9 cm³/mol. The molecule has 0 saturated heterocycles. The molecule has 0 fully saturated rings. The molecule has 0 saturated carbocycles. The van der Waals surface area contributed by atoms with E-state index in [1.165, 1.54) is 0 Å². The molecule has 1 aromatic carbocycles. The Kier molecular flexibility index (Phi) is 3.64. The largest absolute Gasteiger partial charge is 0.292 e. The van der Waals surface area contributed by atoms with Crippen molar-refractivity contribution in [3.05, 3.63) is 58.1 Å². The Labute approximate surface area is 108 Å². The summed E-state index contributed by atoms with van der Waals surface area (Å²) in [5.74, 6) is 0.629. The molecule has 86 valence electrons. The summed E-state index contributed by atoms with van der Waals surface area (Å²) in [6.45, 7) is 1.77. The summed E-state index contributed by atoms with van der Waals surface area (Å²) in [6, 6.07) is 9.35. The van der Waals surface area contributed by atoms with E-state index in [-0.39, 0.29) is 5.78 Å². The molecule has 0 aliphatic carbocycles. The van der Waals surface area contributed by atoms with Gasteiger partial charge in [0.2, 0.25) is 0 Å². The van der Waals surface area contributed by atoms with Crippen LogP contribution in [-0.4, -0.2) is 15.8 Å². The molecule has 0 aliphatic rings. The lowest BCUT2D eigenvalue weighted by Gasteiger charge is -2.01. The minimum atomic E-state index is 0.0119. The second-order valence-corrected chi connectivity index (χ2v) is 4.63. The number of carbonyl (C=O) groups excluding carboxylic acids is 1. The van der Waals surface area contributed by atoms with Crippen molar-refractivity contribution < 1.29 is 4.79 Å². The zero-order valence-electron chi connectivity index (χ0n) is 9.35. The smallest absolute Gasteiger partial charge is 0.185 e. The minimum absolute atomic E-state index is 0.0119. The van der Waals surface area contributed by atoms with E-state index in [2.05, 4.69) is 25.9 Å². The van der Waals surface area contributed by atoms with E-state index in [0.717, 1.165) is 10.0 Å². The van der Waals surface area contributed by atoms with E-state index >= 15 is 0 Å². The molecule has 1 aromatic heterocycles. The molecule has 0 spiro atoms. The van der Waals surface area contributed by atoms with Crippen molar-refractivity contribution in [2.24, 2.45) is 0 Å². The molecule has 0 atom stereocenters. The first-order valence-electron chi connectivity index (χ1n) is 5.22. The normalized spacial score (nSPS) is 10.2. The Morgan fingerprint density at radius 2 is 1.94 bits per heavy atom. The molecular formula is C13H11BrN2O. The van der Waals surface area contributed by atoms with Crippen molar-refractivity contribution in [2.75, 3.05) is 0 Å². The Balaban J connectivity index is 2.14. The predicted octanol–water partition coefficient (Wildman–Crippen LogP) is 2.97. The molecule has 2 aromatic rings. The number of ketones is 1. The summed E-state index contributed by atoms with van der Waals surface area (Å²) in [4.78, 5) is 20.0. The van der Waals surface area contributed by atoms with Crippen molar-refractivity contribution in [3.63, 3.8) is 0 Å². The molecular weight excluding hydrogens is 280 g/mol. The van der Waals surface area contributed by atoms with E-state index in [1.807, 2.05) is 24.3 Å². The van der Waals surface area contributed by atoms with Gasteiger partial charge in [-0.25, -0.2) is 9.97 Å². The Morgan fingerprint density at radius 1 is 1.24 bits per heavy atom. The Hall–Kier alpha value is -1.55. The molecule has 0 bridgehead atoms. The summed E-state index contributed by atoms with van der Waals surface area (Å²) in [5, 5.41) is 0. The second kappa shape index (κ2) is 5.19. The number of benzene rings is 1. The highest BCUT2D eigenvalue weighted by Gasteiger charge is 2.08. The van der Waals surface area contributed by atoms with Crippen LogP contribution in [0.15, 0.2) is 41.0 Å². The fourth-order valence-electron chi connectivity index (χ4n) is 1.49. The SMILES string of the molecule is Cc1nccc(C(=O)Cc2ccc(Br)cc2)n1. The Morgan fingerprint density at radius 3 is 2.59 bits per heavy atom. The molecule has 4 heteroatoms. The van der Waals surface area contributed by atoms with Crippen molar-refractivity contribution >= 4 is 21.7 Å². The topological polar surface area (TPSA) is 42.9 Å². The number of halogens is 1. The van der Waals surface area contributed by atoms with Crippen molar-refractivity contribution in [3.8, 4) is 0 Å². The lowest BCUT2D eigenvalue weighted by atomic mass is 10.1. The Bertz CT molecular complexity index is 537. The van der Waals surface area contributed by atoms with E-state index in [0.29, 0.717) is 17.9 Å². The average Bonchev–Trinajstić information content (AvgIpc) is 2.32. The number of hydrogen-bond acceptors (Lipinski definition) is 3. The molecule has 2 rings (SSSR count). The quantitative estimate of drug-likeness (QED) is 0.816. The zero-order valence-corrected chi connectivity index (χ0v) is 10.9. The van der Waals surface area contributed by atoms with Crippen molar-refractivity contribution in [1.82, 2.24) is 9.97 Å². The molecule has 17 heavy (non-hydrogen) atoms. The first kappa shape index (κ1) is 11.9. The van der Waals surface area contributed by atoms with Crippen LogP contribution in [0.1, 0.15) is 21.9 Å². The van der Waals surface area contributed by atoms with Crippen LogP contribution in [0.3, 0.4) is 0 Å². The zero-order chi connectivity index (χ0) is 12.3. The lowest BCUT2D eigenvalue weighted by molar-refractivity contribution is 0.0988. The van der Waals surface area contributed by atoms with Gasteiger partial charge in [-0.05, 0) is 30.7 Å². The number of aryl methyl sites for hydroxylation is 1. The average molecular weight is 291 g/mol. The molecule has 0 N–H and O–H groups in total. The minimum Gasteiger partial charge on any atom is -0.292 e. The second-order valence-electron chi connectivity index (χ2n) is 3.72. The van der Waals surface area contributed by atoms with Crippen LogP contribution in [0.2, 0.25) is 0 Å². The fourth-order valence-corrected chi connectivity index (χ4v) is 1.75. The van der Waals surface area contributed by atoms with Crippen molar-refractivity contribution in [1.29, 1.82) is 0 Å². The van der Waals surface area contributed by atoms with E-state index in [1.54, 1.807) is 19.2 Å².